The van der Waals surface area contributed by atoms with Gasteiger partial charge < -0.3 is 9.84 Å². The highest BCUT2D eigenvalue weighted by atomic mass is 79.9. The number of pyridine rings is 1. The molecule has 1 aromatic heterocycles. The zero-order valence-corrected chi connectivity index (χ0v) is 10.5. The zero-order valence-electron chi connectivity index (χ0n) is 8.94. The maximum Gasteiger partial charge on any atom is 0.573 e. The Labute approximate surface area is 111 Å². The lowest BCUT2D eigenvalue weighted by Gasteiger charge is -2.18. The molecule has 0 unspecified atom stereocenters. The summed E-state index contributed by atoms with van der Waals surface area (Å²) in [6.45, 7) is -0.813. The SMILES string of the molecule is OCc1cc(OC(F)(F)F)c(C(F)(F)F)c(CBr)n1. The van der Waals surface area contributed by atoms with Crippen molar-refractivity contribution in [1.82, 2.24) is 4.98 Å². The van der Waals surface area contributed by atoms with Crippen molar-refractivity contribution < 1.29 is 36.2 Å². The molecule has 1 aromatic rings. The summed E-state index contributed by atoms with van der Waals surface area (Å²) in [6, 6.07) is 0.405. The summed E-state index contributed by atoms with van der Waals surface area (Å²) in [7, 11) is 0. The lowest BCUT2D eigenvalue weighted by molar-refractivity contribution is -0.276. The van der Waals surface area contributed by atoms with Crippen LogP contribution in [0.25, 0.3) is 0 Å². The number of nitrogens with zero attached hydrogens (tertiary/aromatic N) is 1. The second-order valence-electron chi connectivity index (χ2n) is 3.27. The van der Waals surface area contributed by atoms with Gasteiger partial charge in [-0.1, -0.05) is 15.9 Å². The molecule has 3 nitrogen and oxygen atoms in total. The van der Waals surface area contributed by atoms with Crippen LogP contribution in [0.3, 0.4) is 0 Å². The average Bonchev–Trinajstić information content (AvgIpc) is 2.23. The summed E-state index contributed by atoms with van der Waals surface area (Å²) in [4.78, 5) is 3.40. The molecule has 10 heteroatoms. The Kier molecular flexibility index (Phi) is 4.67. The van der Waals surface area contributed by atoms with E-state index in [-0.39, 0.29) is 5.69 Å². The number of halogens is 7. The highest BCUT2D eigenvalue weighted by Gasteiger charge is 2.42. The molecule has 1 rings (SSSR count). The van der Waals surface area contributed by atoms with Crippen LogP contribution in [0.4, 0.5) is 26.3 Å². The number of rotatable bonds is 3. The van der Waals surface area contributed by atoms with Crippen LogP contribution in [0.15, 0.2) is 6.07 Å². The highest BCUT2D eigenvalue weighted by molar-refractivity contribution is 9.08. The first-order valence-electron chi connectivity index (χ1n) is 4.61. The summed E-state index contributed by atoms with van der Waals surface area (Å²) in [5.74, 6) is -1.44. The molecule has 0 saturated heterocycles. The molecule has 0 saturated carbocycles. The van der Waals surface area contributed by atoms with Crippen molar-refractivity contribution in [2.75, 3.05) is 0 Å². The molecule has 0 atom stereocenters. The van der Waals surface area contributed by atoms with Gasteiger partial charge >= 0.3 is 12.5 Å². The monoisotopic (exact) mass is 353 g/mol. The maximum absolute atomic E-state index is 12.7. The lowest BCUT2D eigenvalue weighted by atomic mass is 10.1. The van der Waals surface area contributed by atoms with Crippen molar-refractivity contribution in [3.05, 3.63) is 23.0 Å². The van der Waals surface area contributed by atoms with E-state index < -0.39 is 41.5 Å². The van der Waals surface area contributed by atoms with Gasteiger partial charge in [-0.3, -0.25) is 4.98 Å². The quantitative estimate of drug-likeness (QED) is 0.669. The van der Waals surface area contributed by atoms with Crippen molar-refractivity contribution in [2.45, 2.75) is 24.5 Å². The van der Waals surface area contributed by atoms with Crippen LogP contribution in [-0.4, -0.2) is 16.5 Å². The largest absolute Gasteiger partial charge is 0.573 e. The topological polar surface area (TPSA) is 42.4 Å². The second-order valence-corrected chi connectivity index (χ2v) is 3.83. The van der Waals surface area contributed by atoms with Gasteiger partial charge in [-0.2, -0.15) is 13.2 Å². The van der Waals surface area contributed by atoms with Gasteiger partial charge in [0.15, 0.2) is 0 Å². The number of alkyl halides is 7. The maximum atomic E-state index is 12.7. The van der Waals surface area contributed by atoms with Crippen molar-refractivity contribution >= 4 is 15.9 Å². The summed E-state index contributed by atoms with van der Waals surface area (Å²) >= 11 is 2.70. The molecule has 0 bridgehead atoms. The van der Waals surface area contributed by atoms with E-state index in [1.165, 1.54) is 0 Å². The molecule has 1 heterocycles. The Balaban J connectivity index is 3.47. The second kappa shape index (κ2) is 5.53. The van der Waals surface area contributed by atoms with Crippen molar-refractivity contribution in [3.8, 4) is 5.75 Å². The molecule has 0 fully saturated rings. The fraction of sp³-hybridized carbons (Fsp3) is 0.444. The van der Waals surface area contributed by atoms with Gasteiger partial charge in [-0.25, -0.2) is 0 Å². The minimum atomic E-state index is -5.28. The average molecular weight is 354 g/mol. The van der Waals surface area contributed by atoms with Gasteiger partial charge in [0.1, 0.15) is 11.3 Å². The Morgan fingerprint density at radius 2 is 1.79 bits per heavy atom. The molecule has 0 aliphatic carbocycles. The smallest absolute Gasteiger partial charge is 0.405 e. The van der Waals surface area contributed by atoms with E-state index in [1.54, 1.807) is 0 Å². The zero-order chi connectivity index (χ0) is 14.8. The molecule has 1 N–H and O–H groups in total. The van der Waals surface area contributed by atoms with Gasteiger partial charge in [0.25, 0.3) is 0 Å². The van der Waals surface area contributed by atoms with E-state index in [9.17, 15) is 26.3 Å². The number of ether oxygens (including phenoxy) is 1. The van der Waals surface area contributed by atoms with Crippen molar-refractivity contribution in [2.24, 2.45) is 0 Å². The van der Waals surface area contributed by atoms with Crippen LogP contribution in [0.5, 0.6) is 5.75 Å². The molecule has 0 aliphatic rings. The van der Waals surface area contributed by atoms with Gasteiger partial charge in [-0.05, 0) is 0 Å². The molecule has 0 aromatic carbocycles. The third-order valence-corrected chi connectivity index (χ3v) is 2.44. The third-order valence-electron chi connectivity index (χ3n) is 1.91. The van der Waals surface area contributed by atoms with Gasteiger partial charge in [0, 0.05) is 11.4 Å². The third kappa shape index (κ3) is 4.23. The Morgan fingerprint density at radius 3 is 2.16 bits per heavy atom. The molecule has 0 radical (unpaired) electrons. The van der Waals surface area contributed by atoms with Crippen molar-refractivity contribution in [1.29, 1.82) is 0 Å². The fourth-order valence-corrected chi connectivity index (χ4v) is 1.72. The Morgan fingerprint density at radius 1 is 1.21 bits per heavy atom. The summed E-state index contributed by atoms with van der Waals surface area (Å²) in [5.41, 5.74) is -2.68. The van der Waals surface area contributed by atoms with E-state index in [2.05, 4.69) is 25.7 Å². The van der Waals surface area contributed by atoms with Crippen LogP contribution in [0.1, 0.15) is 17.0 Å². The van der Waals surface area contributed by atoms with Gasteiger partial charge in [-0.15, -0.1) is 13.2 Å². The van der Waals surface area contributed by atoms with Crippen LogP contribution in [-0.2, 0) is 18.1 Å². The fourth-order valence-electron chi connectivity index (χ4n) is 1.31. The normalized spacial score (nSPS) is 12.6. The first kappa shape index (κ1) is 16.0. The number of aliphatic hydroxyl groups is 1. The van der Waals surface area contributed by atoms with E-state index in [4.69, 9.17) is 5.11 Å². The summed E-state index contributed by atoms with van der Waals surface area (Å²) < 4.78 is 77.9. The number of hydrogen-bond donors (Lipinski definition) is 1. The molecular formula is C9H6BrF6NO2. The van der Waals surface area contributed by atoms with Gasteiger partial charge in [0.2, 0.25) is 0 Å². The van der Waals surface area contributed by atoms with Crippen LogP contribution in [0.2, 0.25) is 0 Å². The first-order chi connectivity index (χ1) is 8.58. The first-order valence-corrected chi connectivity index (χ1v) is 5.73. The van der Waals surface area contributed by atoms with E-state index >= 15 is 0 Å². The number of hydrogen-bond acceptors (Lipinski definition) is 3. The molecular weight excluding hydrogens is 348 g/mol. The predicted molar refractivity (Wildman–Crippen MR) is 54.5 cm³/mol. The van der Waals surface area contributed by atoms with E-state index in [0.717, 1.165) is 0 Å². The highest BCUT2D eigenvalue weighted by Crippen LogP contribution is 2.41. The minimum absolute atomic E-state index is 0.360. The summed E-state index contributed by atoms with van der Waals surface area (Å²) in [6.07, 6.45) is -10.3. The van der Waals surface area contributed by atoms with Gasteiger partial charge in [0.05, 0.1) is 18.0 Å². The molecule has 0 spiro atoms. The molecule has 108 valence electrons. The molecule has 0 aliphatic heterocycles. The molecule has 0 amide bonds. The number of aliphatic hydroxyl groups excluding tert-OH is 1. The van der Waals surface area contributed by atoms with Crippen LogP contribution >= 0.6 is 15.9 Å². The minimum Gasteiger partial charge on any atom is -0.405 e. The predicted octanol–water partition coefficient (Wildman–Crippen LogP) is 3.39. The molecule has 19 heavy (non-hydrogen) atoms. The van der Waals surface area contributed by atoms with E-state index in [0.29, 0.717) is 6.07 Å². The lowest BCUT2D eigenvalue weighted by Crippen LogP contribution is -2.22. The Hall–Kier alpha value is -1.03. The van der Waals surface area contributed by atoms with Crippen molar-refractivity contribution in [3.63, 3.8) is 0 Å². The summed E-state index contributed by atoms with van der Waals surface area (Å²) in [5, 5.41) is 8.34. The van der Waals surface area contributed by atoms with Crippen LogP contribution in [0, 0.1) is 0 Å². The number of aromatic nitrogens is 1. The van der Waals surface area contributed by atoms with Crippen LogP contribution < -0.4 is 4.74 Å². The standard InChI is InChI=1S/C9H6BrF6NO2/c10-2-5-7(8(11,12)13)6(19-9(14,15)16)1-4(3-18)17-5/h1,18H,2-3H2. The Bertz CT molecular complexity index is 459. The van der Waals surface area contributed by atoms with E-state index in [1.807, 2.05) is 0 Å².